The number of carbonyl (C=O) groups excluding carboxylic acids is 2. The average molecular weight is 303 g/mol. The molecule has 22 heavy (non-hydrogen) atoms. The molecule has 1 aromatic heterocycles. The predicted octanol–water partition coefficient (Wildman–Crippen LogP) is 2.40. The number of aromatic nitrogens is 3. The van der Waals surface area contributed by atoms with E-state index in [1.54, 1.807) is 45.0 Å². The zero-order valence-electron chi connectivity index (χ0n) is 12.5. The van der Waals surface area contributed by atoms with Crippen molar-refractivity contribution in [3.63, 3.8) is 0 Å². The van der Waals surface area contributed by atoms with E-state index < -0.39 is 11.7 Å². The molecule has 0 spiro atoms. The number of carbonyl (C=O) groups is 2. The lowest BCUT2D eigenvalue weighted by molar-refractivity contribution is 0.0635. The second-order valence-electron chi connectivity index (χ2n) is 5.52. The highest BCUT2D eigenvalue weighted by atomic mass is 16.6. The van der Waals surface area contributed by atoms with Gasteiger partial charge < -0.3 is 10.1 Å². The summed E-state index contributed by atoms with van der Waals surface area (Å²) in [5.74, 6) is -0.374. The fourth-order valence-electron chi connectivity index (χ4n) is 1.57. The minimum Gasteiger partial charge on any atom is -0.444 e. The van der Waals surface area contributed by atoms with Crippen molar-refractivity contribution in [2.24, 2.45) is 0 Å². The molecule has 0 aliphatic heterocycles. The van der Waals surface area contributed by atoms with Crippen LogP contribution in [0.15, 0.2) is 30.5 Å². The van der Waals surface area contributed by atoms with Gasteiger partial charge in [0.2, 0.25) is 0 Å². The second-order valence-corrected chi connectivity index (χ2v) is 5.52. The standard InChI is InChI=1S/C14H17N5O3/c1-14(2,3)22-13(21)17-10-6-4-9(5-7-10)16-12(20)11-8-15-19-18-11/h4-8H,1-3H3,(H,16,20)(H,17,21)(H,15,18,19). The van der Waals surface area contributed by atoms with Crippen molar-refractivity contribution < 1.29 is 14.3 Å². The topological polar surface area (TPSA) is 109 Å². The normalized spacial score (nSPS) is 10.9. The zero-order chi connectivity index (χ0) is 16.2. The molecular formula is C14H17N5O3. The molecule has 0 saturated heterocycles. The molecule has 0 unspecified atom stereocenters. The van der Waals surface area contributed by atoms with Crippen molar-refractivity contribution in [1.29, 1.82) is 0 Å². The van der Waals surface area contributed by atoms with Gasteiger partial charge in [0.1, 0.15) is 5.60 Å². The van der Waals surface area contributed by atoms with Gasteiger partial charge in [-0.2, -0.15) is 0 Å². The van der Waals surface area contributed by atoms with Crippen LogP contribution in [-0.2, 0) is 4.74 Å². The number of nitrogens with zero attached hydrogens (tertiary/aromatic N) is 2. The number of hydrogen-bond acceptors (Lipinski definition) is 5. The first kappa shape index (κ1) is 15.5. The van der Waals surface area contributed by atoms with Crippen LogP contribution in [0, 0.1) is 0 Å². The molecule has 3 N–H and O–H groups in total. The van der Waals surface area contributed by atoms with Crippen LogP contribution in [0.4, 0.5) is 16.2 Å². The number of H-pyrrole nitrogens is 1. The Morgan fingerprint density at radius 1 is 1.09 bits per heavy atom. The van der Waals surface area contributed by atoms with Crippen molar-refractivity contribution in [3.8, 4) is 0 Å². The molecule has 1 aromatic carbocycles. The molecule has 0 atom stereocenters. The molecule has 0 fully saturated rings. The molecule has 116 valence electrons. The maximum absolute atomic E-state index is 11.8. The van der Waals surface area contributed by atoms with Gasteiger partial charge in [-0.15, -0.1) is 5.10 Å². The van der Waals surface area contributed by atoms with Gasteiger partial charge >= 0.3 is 6.09 Å². The maximum Gasteiger partial charge on any atom is 0.412 e. The summed E-state index contributed by atoms with van der Waals surface area (Å²) in [5, 5.41) is 14.8. The van der Waals surface area contributed by atoms with Gasteiger partial charge in [0.05, 0.1) is 6.20 Å². The van der Waals surface area contributed by atoms with E-state index in [1.807, 2.05) is 0 Å². The van der Waals surface area contributed by atoms with Crippen LogP contribution in [0.1, 0.15) is 31.3 Å². The lowest BCUT2D eigenvalue weighted by atomic mass is 10.2. The van der Waals surface area contributed by atoms with Gasteiger partial charge in [-0.3, -0.25) is 15.2 Å². The van der Waals surface area contributed by atoms with Crippen molar-refractivity contribution in [2.45, 2.75) is 26.4 Å². The van der Waals surface area contributed by atoms with Crippen LogP contribution in [0.5, 0.6) is 0 Å². The Balaban J connectivity index is 1.93. The molecule has 2 rings (SSSR count). The monoisotopic (exact) mass is 303 g/mol. The van der Waals surface area contributed by atoms with E-state index in [1.165, 1.54) is 6.20 Å². The third-order valence-electron chi connectivity index (χ3n) is 2.44. The highest BCUT2D eigenvalue weighted by molar-refractivity contribution is 6.02. The summed E-state index contributed by atoms with van der Waals surface area (Å²) in [6, 6.07) is 6.63. The van der Waals surface area contributed by atoms with Crippen LogP contribution in [0.25, 0.3) is 0 Å². The lowest BCUT2D eigenvalue weighted by Crippen LogP contribution is -2.27. The summed E-state index contributed by atoms with van der Waals surface area (Å²) < 4.78 is 5.15. The van der Waals surface area contributed by atoms with E-state index >= 15 is 0 Å². The van der Waals surface area contributed by atoms with Crippen LogP contribution in [-0.4, -0.2) is 33.0 Å². The van der Waals surface area contributed by atoms with Crippen LogP contribution in [0.3, 0.4) is 0 Å². The van der Waals surface area contributed by atoms with Gasteiger partial charge in [0.15, 0.2) is 5.69 Å². The van der Waals surface area contributed by atoms with E-state index in [2.05, 4.69) is 26.0 Å². The molecule has 0 saturated carbocycles. The molecule has 1 heterocycles. The van der Waals surface area contributed by atoms with Crippen molar-refractivity contribution in [1.82, 2.24) is 15.4 Å². The molecule has 0 radical (unpaired) electrons. The Labute approximate surface area is 127 Å². The van der Waals surface area contributed by atoms with Crippen molar-refractivity contribution in [2.75, 3.05) is 10.6 Å². The Bertz CT molecular complexity index is 644. The van der Waals surface area contributed by atoms with Gasteiger partial charge in [0.25, 0.3) is 5.91 Å². The van der Waals surface area contributed by atoms with Crippen molar-refractivity contribution in [3.05, 3.63) is 36.2 Å². The van der Waals surface area contributed by atoms with Crippen LogP contribution >= 0.6 is 0 Å². The predicted molar refractivity (Wildman–Crippen MR) is 80.6 cm³/mol. The molecule has 0 bridgehead atoms. The summed E-state index contributed by atoms with van der Waals surface area (Å²) in [4.78, 5) is 23.4. The van der Waals surface area contributed by atoms with Gasteiger partial charge in [-0.05, 0) is 45.0 Å². The largest absolute Gasteiger partial charge is 0.444 e. The fourth-order valence-corrected chi connectivity index (χ4v) is 1.57. The molecule has 0 aliphatic carbocycles. The van der Waals surface area contributed by atoms with Gasteiger partial charge in [-0.1, -0.05) is 5.21 Å². The van der Waals surface area contributed by atoms with Crippen LogP contribution < -0.4 is 10.6 Å². The maximum atomic E-state index is 11.8. The first-order valence-electron chi connectivity index (χ1n) is 6.61. The van der Waals surface area contributed by atoms with Crippen LogP contribution in [0.2, 0.25) is 0 Å². The number of aromatic amines is 1. The summed E-state index contributed by atoms with van der Waals surface area (Å²) in [7, 11) is 0. The number of amides is 2. The highest BCUT2D eigenvalue weighted by Crippen LogP contribution is 2.15. The Kier molecular flexibility index (Phi) is 4.40. The lowest BCUT2D eigenvalue weighted by Gasteiger charge is -2.19. The number of rotatable bonds is 3. The quantitative estimate of drug-likeness (QED) is 0.806. The molecule has 8 nitrogen and oxygen atoms in total. The summed E-state index contributed by atoms with van der Waals surface area (Å²) in [6.45, 7) is 5.36. The molecule has 8 heteroatoms. The summed E-state index contributed by atoms with van der Waals surface area (Å²) in [6.07, 6.45) is 0.861. The van der Waals surface area contributed by atoms with E-state index in [4.69, 9.17) is 4.74 Å². The minimum atomic E-state index is -0.560. The van der Waals surface area contributed by atoms with Crippen molar-refractivity contribution >= 4 is 23.4 Å². The average Bonchev–Trinajstić information content (AvgIpc) is 2.92. The number of ether oxygens (including phenoxy) is 1. The Morgan fingerprint density at radius 3 is 2.18 bits per heavy atom. The first-order valence-corrected chi connectivity index (χ1v) is 6.61. The SMILES string of the molecule is CC(C)(C)OC(=O)Nc1ccc(NC(=O)c2c[nH]nn2)cc1. The smallest absolute Gasteiger partial charge is 0.412 e. The van der Waals surface area contributed by atoms with E-state index in [-0.39, 0.29) is 11.6 Å². The first-order chi connectivity index (χ1) is 10.3. The van der Waals surface area contributed by atoms with E-state index in [0.717, 1.165) is 0 Å². The third-order valence-corrected chi connectivity index (χ3v) is 2.44. The fraction of sp³-hybridized carbons (Fsp3) is 0.286. The number of benzene rings is 1. The second kappa shape index (κ2) is 6.25. The zero-order valence-corrected chi connectivity index (χ0v) is 12.5. The van der Waals surface area contributed by atoms with E-state index in [9.17, 15) is 9.59 Å². The number of hydrogen-bond donors (Lipinski definition) is 3. The third kappa shape index (κ3) is 4.58. The molecule has 0 aliphatic rings. The van der Waals surface area contributed by atoms with Gasteiger partial charge in [0, 0.05) is 11.4 Å². The highest BCUT2D eigenvalue weighted by Gasteiger charge is 2.16. The molecular weight excluding hydrogens is 286 g/mol. The minimum absolute atomic E-state index is 0.191. The molecule has 2 aromatic rings. The van der Waals surface area contributed by atoms with E-state index in [0.29, 0.717) is 11.4 Å². The summed E-state index contributed by atoms with van der Waals surface area (Å²) in [5.41, 5.74) is 0.766. The Morgan fingerprint density at radius 2 is 1.68 bits per heavy atom. The van der Waals surface area contributed by atoms with Gasteiger partial charge in [-0.25, -0.2) is 4.79 Å². The number of anilines is 2. The summed E-state index contributed by atoms with van der Waals surface area (Å²) >= 11 is 0. The number of nitrogens with one attached hydrogen (secondary N) is 3. The molecule has 2 amide bonds. The Hall–Kier alpha value is -2.90.